The molecule has 0 aliphatic heterocycles. The van der Waals surface area contributed by atoms with Crippen molar-refractivity contribution in [2.45, 2.75) is 24.6 Å². The molecule has 1 heterocycles. The minimum Gasteiger partial charge on any atom is -0.302 e. The maximum atomic E-state index is 13.3. The van der Waals surface area contributed by atoms with Crippen molar-refractivity contribution in [2.75, 3.05) is 5.32 Å². The molecule has 27 heavy (non-hydrogen) atoms. The number of amides is 1. The average molecular weight is 438 g/mol. The second kappa shape index (κ2) is 7.19. The molecule has 0 fully saturated rings. The van der Waals surface area contributed by atoms with Crippen molar-refractivity contribution in [1.29, 1.82) is 0 Å². The smallest absolute Gasteiger partial charge is 0.302 e. The van der Waals surface area contributed by atoms with E-state index in [1.54, 1.807) is 24.3 Å². The molecule has 2 aromatic rings. The average Bonchev–Trinajstić information content (AvgIpc) is 2.87. The lowest BCUT2D eigenvalue weighted by Gasteiger charge is -2.26. The topological polar surface area (TPSA) is 46.9 Å². The number of nitrogens with zero attached hydrogens (tertiary/aromatic N) is 2. The van der Waals surface area contributed by atoms with Gasteiger partial charge in [0.05, 0.1) is 6.54 Å². The third kappa shape index (κ3) is 4.29. The largest absolute Gasteiger partial charge is 0.460 e. The Morgan fingerprint density at radius 2 is 1.59 bits per heavy atom. The molecule has 0 bridgehead atoms. The lowest BCUT2D eigenvalue weighted by Crippen LogP contribution is -2.57. The van der Waals surface area contributed by atoms with Gasteiger partial charge in [0, 0.05) is 11.2 Å². The van der Waals surface area contributed by atoms with E-state index < -0.39 is 34.8 Å². The molecular formula is C14H8Cl2F7N3O. The number of carbonyl (C=O) groups is 1. The first-order valence-corrected chi connectivity index (χ1v) is 7.62. The van der Waals surface area contributed by atoms with Crippen LogP contribution in [0, 0.1) is 0 Å². The molecule has 1 amide bonds. The summed E-state index contributed by atoms with van der Waals surface area (Å²) in [5.74, 6) is -16.4. The van der Waals surface area contributed by atoms with Gasteiger partial charge in [-0.2, -0.15) is 35.8 Å². The summed E-state index contributed by atoms with van der Waals surface area (Å²) in [5, 5.41) is 4.78. The van der Waals surface area contributed by atoms with E-state index in [9.17, 15) is 35.5 Å². The first-order chi connectivity index (χ1) is 12.3. The Kier molecular flexibility index (Phi) is 5.67. The van der Waals surface area contributed by atoms with Gasteiger partial charge in [-0.05, 0) is 17.7 Å². The van der Waals surface area contributed by atoms with E-state index in [0.29, 0.717) is 10.6 Å². The second-order valence-corrected chi connectivity index (χ2v) is 6.09. The monoisotopic (exact) mass is 437 g/mol. The van der Waals surface area contributed by atoms with Crippen molar-refractivity contribution >= 4 is 34.9 Å². The molecule has 0 aliphatic rings. The number of rotatable bonds is 5. The molecule has 1 aromatic carbocycles. The van der Waals surface area contributed by atoms with Crippen LogP contribution in [0.4, 0.5) is 36.6 Å². The number of hydrogen-bond donors (Lipinski definition) is 1. The molecule has 1 aromatic heterocycles. The van der Waals surface area contributed by atoms with Crippen LogP contribution in [-0.4, -0.2) is 33.7 Å². The number of aromatic nitrogens is 2. The zero-order chi connectivity index (χ0) is 20.6. The predicted octanol–water partition coefficient (Wildman–Crippen LogP) is 5.01. The van der Waals surface area contributed by atoms with Crippen LogP contribution < -0.4 is 5.32 Å². The standard InChI is InChI=1S/C14H8Cl2F7N3O/c15-8-3-1-7(2-4-8)5-26-6-9(16)10(25-26)24-11(27)12(17,18)13(19,20)14(21,22)23/h1-4,6H,5H2,(H,24,25,27). The summed E-state index contributed by atoms with van der Waals surface area (Å²) < 4.78 is 89.8. The molecule has 1 N–H and O–H groups in total. The van der Waals surface area contributed by atoms with Crippen LogP contribution in [0.3, 0.4) is 0 Å². The van der Waals surface area contributed by atoms with Crippen molar-refractivity contribution in [2.24, 2.45) is 0 Å². The maximum absolute atomic E-state index is 13.3. The Morgan fingerprint density at radius 3 is 2.11 bits per heavy atom. The molecule has 2 rings (SSSR count). The van der Waals surface area contributed by atoms with Crippen LogP contribution in [0.15, 0.2) is 30.5 Å². The lowest BCUT2D eigenvalue weighted by atomic mass is 10.1. The van der Waals surface area contributed by atoms with E-state index in [1.165, 1.54) is 5.32 Å². The SMILES string of the molecule is O=C(Nc1nn(Cc2ccc(Cl)cc2)cc1Cl)C(F)(F)C(F)(F)C(F)(F)F. The first kappa shape index (κ1) is 21.3. The van der Waals surface area contributed by atoms with Gasteiger partial charge in [-0.15, -0.1) is 0 Å². The van der Waals surface area contributed by atoms with Crippen LogP contribution in [0.1, 0.15) is 5.56 Å². The number of benzene rings is 1. The first-order valence-electron chi connectivity index (χ1n) is 6.87. The number of hydrogen-bond acceptors (Lipinski definition) is 2. The second-order valence-electron chi connectivity index (χ2n) is 5.25. The Labute approximate surface area is 156 Å². The molecule has 0 aliphatic carbocycles. The highest BCUT2D eigenvalue weighted by molar-refractivity contribution is 6.33. The highest BCUT2D eigenvalue weighted by Crippen LogP contribution is 2.47. The van der Waals surface area contributed by atoms with Crippen LogP contribution in [0.5, 0.6) is 0 Å². The minimum atomic E-state index is -6.63. The van der Waals surface area contributed by atoms with Crippen LogP contribution >= 0.6 is 23.2 Å². The van der Waals surface area contributed by atoms with Crippen molar-refractivity contribution in [3.8, 4) is 0 Å². The Bertz CT molecular complexity index is 834. The third-order valence-corrected chi connectivity index (χ3v) is 3.77. The van der Waals surface area contributed by atoms with E-state index in [0.717, 1.165) is 10.9 Å². The lowest BCUT2D eigenvalue weighted by molar-refractivity contribution is -0.343. The molecule has 0 spiro atoms. The van der Waals surface area contributed by atoms with Crippen molar-refractivity contribution in [3.63, 3.8) is 0 Å². The Hall–Kier alpha value is -2.01. The molecule has 4 nitrogen and oxygen atoms in total. The molecular weight excluding hydrogens is 430 g/mol. The highest BCUT2D eigenvalue weighted by atomic mass is 35.5. The minimum absolute atomic E-state index is 0.0296. The molecule has 0 unspecified atom stereocenters. The van der Waals surface area contributed by atoms with Gasteiger partial charge in [0.1, 0.15) is 5.02 Å². The fourth-order valence-corrected chi connectivity index (χ4v) is 2.17. The van der Waals surface area contributed by atoms with E-state index in [4.69, 9.17) is 23.2 Å². The molecule has 0 atom stereocenters. The zero-order valence-corrected chi connectivity index (χ0v) is 14.3. The van der Waals surface area contributed by atoms with Gasteiger partial charge in [0.2, 0.25) is 0 Å². The van der Waals surface area contributed by atoms with Crippen LogP contribution in [-0.2, 0) is 11.3 Å². The summed E-state index contributed by atoms with van der Waals surface area (Å²) in [6.45, 7) is 0.0296. The molecule has 0 saturated carbocycles. The van der Waals surface area contributed by atoms with Gasteiger partial charge in [0.25, 0.3) is 0 Å². The number of nitrogens with one attached hydrogen (secondary N) is 1. The van der Waals surface area contributed by atoms with Crippen molar-refractivity contribution < 1.29 is 35.5 Å². The van der Waals surface area contributed by atoms with Gasteiger partial charge in [-0.25, -0.2) is 0 Å². The Balaban J connectivity index is 2.19. The Morgan fingerprint density at radius 1 is 1.04 bits per heavy atom. The van der Waals surface area contributed by atoms with Crippen molar-refractivity contribution in [3.05, 3.63) is 46.1 Å². The zero-order valence-electron chi connectivity index (χ0n) is 12.8. The van der Waals surface area contributed by atoms with Gasteiger partial charge in [-0.1, -0.05) is 35.3 Å². The molecule has 0 saturated heterocycles. The number of alkyl halides is 7. The van der Waals surface area contributed by atoms with E-state index in [1.807, 2.05) is 0 Å². The van der Waals surface area contributed by atoms with Crippen LogP contribution in [0.2, 0.25) is 10.0 Å². The molecule has 0 radical (unpaired) electrons. The van der Waals surface area contributed by atoms with Gasteiger partial charge in [-0.3, -0.25) is 9.48 Å². The van der Waals surface area contributed by atoms with Gasteiger partial charge >= 0.3 is 23.9 Å². The quantitative estimate of drug-likeness (QED) is 0.668. The molecule has 13 heteroatoms. The normalized spacial score (nSPS) is 12.9. The van der Waals surface area contributed by atoms with Gasteiger partial charge < -0.3 is 5.32 Å². The van der Waals surface area contributed by atoms with Gasteiger partial charge in [0.15, 0.2) is 5.82 Å². The van der Waals surface area contributed by atoms with E-state index in [2.05, 4.69) is 5.10 Å². The predicted molar refractivity (Wildman–Crippen MR) is 82.4 cm³/mol. The number of halogens is 9. The fourth-order valence-electron chi connectivity index (χ4n) is 1.85. The summed E-state index contributed by atoms with van der Waals surface area (Å²) in [6.07, 6.45) is -5.57. The summed E-state index contributed by atoms with van der Waals surface area (Å²) in [5.41, 5.74) is 0.630. The van der Waals surface area contributed by atoms with Crippen molar-refractivity contribution in [1.82, 2.24) is 9.78 Å². The number of anilines is 1. The summed E-state index contributed by atoms with van der Waals surface area (Å²) in [6, 6.07) is 6.28. The highest BCUT2D eigenvalue weighted by Gasteiger charge is 2.76. The van der Waals surface area contributed by atoms with E-state index in [-0.39, 0.29) is 6.54 Å². The summed E-state index contributed by atoms with van der Waals surface area (Å²) in [4.78, 5) is 11.3. The fraction of sp³-hybridized carbons (Fsp3) is 0.286. The van der Waals surface area contributed by atoms with Crippen LogP contribution in [0.25, 0.3) is 0 Å². The number of carbonyl (C=O) groups excluding carboxylic acids is 1. The maximum Gasteiger partial charge on any atom is 0.460 e. The summed E-state index contributed by atoms with van der Waals surface area (Å²) >= 11 is 11.4. The third-order valence-electron chi connectivity index (χ3n) is 3.24. The van der Waals surface area contributed by atoms with E-state index >= 15 is 0 Å². The molecule has 148 valence electrons. The summed E-state index contributed by atoms with van der Waals surface area (Å²) in [7, 11) is 0.